The van der Waals surface area contributed by atoms with Crippen molar-refractivity contribution in [2.75, 3.05) is 16.8 Å². The molecule has 2 aromatic rings. The number of anilines is 2. The molecule has 0 bridgehead atoms. The molecule has 3 N–H and O–H groups in total. The van der Waals surface area contributed by atoms with Gasteiger partial charge < -0.3 is 11.1 Å². The zero-order chi connectivity index (χ0) is 14.8. The number of rotatable bonds is 4. The van der Waals surface area contributed by atoms with E-state index in [4.69, 9.17) is 5.73 Å². The fourth-order valence-electron chi connectivity index (χ4n) is 2.05. The molecule has 1 aliphatic rings. The summed E-state index contributed by atoms with van der Waals surface area (Å²) in [6.45, 7) is 0. The highest BCUT2D eigenvalue weighted by Gasteiger charge is 2.17. The molecule has 0 atom stereocenters. The smallest absolute Gasteiger partial charge is 0.224 e. The molecule has 1 aromatic carbocycles. The highest BCUT2D eigenvalue weighted by atomic mass is 32.2. The van der Waals surface area contributed by atoms with Crippen LogP contribution in [0.25, 0.3) is 0 Å². The molecular weight excluding hydrogens is 308 g/mol. The Morgan fingerprint density at radius 3 is 3.00 bits per heavy atom. The van der Waals surface area contributed by atoms with E-state index in [1.807, 2.05) is 6.07 Å². The molecule has 1 aromatic heterocycles. The summed E-state index contributed by atoms with van der Waals surface area (Å²) in [5.74, 6) is 0.333. The number of nitrogens with zero attached hydrogens (tertiary/aromatic N) is 2. The molecule has 21 heavy (non-hydrogen) atoms. The normalized spacial score (nSPS) is 13.6. The number of fused-ring (bicyclic) bond motifs is 1. The van der Waals surface area contributed by atoms with E-state index in [1.165, 1.54) is 23.1 Å². The van der Waals surface area contributed by atoms with E-state index in [0.717, 1.165) is 11.3 Å². The number of carbonyl (C=O) groups is 2. The maximum atomic E-state index is 12.2. The standard InChI is InChI=1S/C13H12N4O2S2/c14-12-16-17-13(21-12)20-6-10(18)8-1-3-9-7(5-8)2-4-11(19)15-9/h1,3,5H,2,4,6H2,(H2,14,16)(H,15,19). The second-order valence-corrected chi connectivity index (χ2v) is 6.77. The summed E-state index contributed by atoms with van der Waals surface area (Å²) in [7, 11) is 0. The van der Waals surface area contributed by atoms with Crippen LogP contribution in [0.2, 0.25) is 0 Å². The molecule has 0 saturated carbocycles. The van der Waals surface area contributed by atoms with Gasteiger partial charge in [-0.2, -0.15) is 0 Å². The Bertz CT molecular complexity index is 714. The van der Waals surface area contributed by atoms with E-state index in [9.17, 15) is 9.59 Å². The van der Waals surface area contributed by atoms with Crippen molar-refractivity contribution in [3.05, 3.63) is 29.3 Å². The number of carbonyl (C=O) groups excluding carboxylic acids is 2. The third-order valence-electron chi connectivity index (χ3n) is 3.07. The highest BCUT2D eigenvalue weighted by molar-refractivity contribution is 8.01. The monoisotopic (exact) mass is 320 g/mol. The van der Waals surface area contributed by atoms with Gasteiger partial charge in [-0.1, -0.05) is 23.1 Å². The first-order valence-corrected chi connectivity index (χ1v) is 8.10. The van der Waals surface area contributed by atoms with Crippen LogP contribution < -0.4 is 11.1 Å². The van der Waals surface area contributed by atoms with Crippen molar-refractivity contribution in [3.63, 3.8) is 0 Å². The molecule has 0 saturated heterocycles. The van der Waals surface area contributed by atoms with Crippen LogP contribution in [0.5, 0.6) is 0 Å². The van der Waals surface area contributed by atoms with Gasteiger partial charge in [-0.05, 0) is 30.2 Å². The van der Waals surface area contributed by atoms with Gasteiger partial charge in [-0.3, -0.25) is 9.59 Å². The number of nitrogen functional groups attached to an aromatic ring is 1. The number of ketones is 1. The number of Topliss-reactive ketones (excluding diaryl/α,β-unsaturated/α-hetero) is 1. The number of aryl methyl sites for hydroxylation is 1. The molecule has 1 amide bonds. The molecule has 0 aliphatic carbocycles. The zero-order valence-electron chi connectivity index (χ0n) is 11.0. The first-order chi connectivity index (χ1) is 10.1. The van der Waals surface area contributed by atoms with Gasteiger partial charge in [0.15, 0.2) is 10.1 Å². The largest absolute Gasteiger partial charge is 0.374 e. The molecule has 1 aliphatic heterocycles. The molecule has 8 heteroatoms. The first-order valence-electron chi connectivity index (χ1n) is 6.29. The highest BCUT2D eigenvalue weighted by Crippen LogP contribution is 2.26. The van der Waals surface area contributed by atoms with Crippen LogP contribution in [-0.2, 0) is 11.2 Å². The number of nitrogens with one attached hydrogen (secondary N) is 1. The van der Waals surface area contributed by atoms with E-state index in [-0.39, 0.29) is 11.7 Å². The number of amides is 1. The lowest BCUT2D eigenvalue weighted by molar-refractivity contribution is -0.116. The maximum Gasteiger partial charge on any atom is 0.224 e. The van der Waals surface area contributed by atoms with Crippen LogP contribution in [0.1, 0.15) is 22.3 Å². The fraction of sp³-hybridized carbons (Fsp3) is 0.231. The third-order valence-corrected chi connectivity index (χ3v) is 4.96. The first kappa shape index (κ1) is 14.0. The number of benzene rings is 1. The van der Waals surface area contributed by atoms with Crippen LogP contribution in [0.15, 0.2) is 22.5 Å². The Hall–Kier alpha value is -1.93. The number of nitrogens with two attached hydrogens (primary N) is 1. The Morgan fingerprint density at radius 2 is 2.24 bits per heavy atom. The summed E-state index contributed by atoms with van der Waals surface area (Å²) < 4.78 is 0.686. The second kappa shape index (κ2) is 5.82. The van der Waals surface area contributed by atoms with E-state index in [2.05, 4.69) is 15.5 Å². The van der Waals surface area contributed by atoms with Crippen LogP contribution in [0, 0.1) is 0 Å². The van der Waals surface area contributed by atoms with Crippen LogP contribution >= 0.6 is 23.1 Å². The molecule has 2 heterocycles. The van der Waals surface area contributed by atoms with Crippen molar-refractivity contribution in [2.45, 2.75) is 17.2 Å². The number of hydrogen-bond donors (Lipinski definition) is 2. The van der Waals surface area contributed by atoms with E-state index in [0.29, 0.717) is 33.6 Å². The van der Waals surface area contributed by atoms with Gasteiger partial charge >= 0.3 is 0 Å². The summed E-state index contributed by atoms with van der Waals surface area (Å²) >= 11 is 2.59. The lowest BCUT2D eigenvalue weighted by Crippen LogP contribution is -2.19. The molecule has 3 rings (SSSR count). The molecule has 6 nitrogen and oxygen atoms in total. The average Bonchev–Trinajstić information content (AvgIpc) is 2.90. The van der Waals surface area contributed by atoms with Gasteiger partial charge in [0.1, 0.15) is 0 Å². The Morgan fingerprint density at radius 1 is 1.38 bits per heavy atom. The quantitative estimate of drug-likeness (QED) is 0.660. The molecular formula is C13H12N4O2S2. The molecule has 0 spiro atoms. The van der Waals surface area contributed by atoms with E-state index >= 15 is 0 Å². The number of hydrogen-bond acceptors (Lipinski definition) is 7. The lowest BCUT2D eigenvalue weighted by Gasteiger charge is -2.17. The zero-order valence-corrected chi connectivity index (χ0v) is 12.6. The minimum Gasteiger partial charge on any atom is -0.374 e. The Kier molecular flexibility index (Phi) is 3.89. The summed E-state index contributed by atoms with van der Waals surface area (Å²) in [6, 6.07) is 5.38. The van der Waals surface area contributed by atoms with Crippen molar-refractivity contribution in [1.82, 2.24) is 10.2 Å². The van der Waals surface area contributed by atoms with E-state index < -0.39 is 0 Å². The number of aromatic nitrogens is 2. The van der Waals surface area contributed by atoms with Crippen molar-refractivity contribution < 1.29 is 9.59 Å². The minimum atomic E-state index is 0.0194. The van der Waals surface area contributed by atoms with Crippen molar-refractivity contribution in [1.29, 1.82) is 0 Å². The topological polar surface area (TPSA) is 98.0 Å². The number of thioether (sulfide) groups is 1. The molecule has 0 fully saturated rings. The van der Waals surface area contributed by atoms with Crippen molar-refractivity contribution in [2.24, 2.45) is 0 Å². The van der Waals surface area contributed by atoms with Gasteiger partial charge in [0, 0.05) is 17.7 Å². The summed E-state index contributed by atoms with van der Waals surface area (Å²) in [4.78, 5) is 23.5. The summed E-state index contributed by atoms with van der Waals surface area (Å²) in [6.07, 6.45) is 1.13. The minimum absolute atomic E-state index is 0.0194. The van der Waals surface area contributed by atoms with Crippen LogP contribution in [0.4, 0.5) is 10.8 Å². The average molecular weight is 320 g/mol. The van der Waals surface area contributed by atoms with Gasteiger partial charge in [0.25, 0.3) is 0 Å². The van der Waals surface area contributed by atoms with Gasteiger partial charge in [-0.15, -0.1) is 10.2 Å². The van der Waals surface area contributed by atoms with Gasteiger partial charge in [0.05, 0.1) is 5.75 Å². The fourth-order valence-corrected chi connectivity index (χ4v) is 3.58. The summed E-state index contributed by atoms with van der Waals surface area (Å²) in [5, 5.41) is 10.8. The predicted octanol–water partition coefficient (Wildman–Crippen LogP) is 1.98. The van der Waals surface area contributed by atoms with Gasteiger partial charge in [0.2, 0.25) is 11.0 Å². The lowest BCUT2D eigenvalue weighted by atomic mass is 9.99. The summed E-state index contributed by atoms with van der Waals surface area (Å²) in [5.41, 5.74) is 7.95. The molecule has 0 unspecified atom stereocenters. The van der Waals surface area contributed by atoms with Crippen molar-refractivity contribution in [3.8, 4) is 0 Å². The maximum absolute atomic E-state index is 12.2. The predicted molar refractivity (Wildman–Crippen MR) is 82.8 cm³/mol. The van der Waals surface area contributed by atoms with Crippen molar-refractivity contribution >= 4 is 45.6 Å². The second-order valence-electron chi connectivity index (χ2n) is 4.54. The Balaban J connectivity index is 1.69. The van der Waals surface area contributed by atoms with Crippen LogP contribution in [-0.4, -0.2) is 27.6 Å². The van der Waals surface area contributed by atoms with Crippen LogP contribution in [0.3, 0.4) is 0 Å². The molecule has 0 radical (unpaired) electrons. The Labute approximate surface area is 129 Å². The van der Waals surface area contributed by atoms with Gasteiger partial charge in [-0.25, -0.2) is 0 Å². The van der Waals surface area contributed by atoms with E-state index in [1.54, 1.807) is 12.1 Å². The SMILES string of the molecule is Nc1nnc(SCC(=O)c2ccc3c(c2)CCC(=O)N3)s1. The third kappa shape index (κ3) is 3.22. The molecule has 108 valence electrons.